The number of hydrogen-bond donors (Lipinski definition) is 1. The summed E-state index contributed by atoms with van der Waals surface area (Å²) in [5.74, 6) is 0.915. The number of nitrogens with zero attached hydrogens (tertiary/aromatic N) is 3. The monoisotopic (exact) mass is 536 g/mol. The molecule has 1 N–H and O–H groups in total. The highest BCUT2D eigenvalue weighted by Crippen LogP contribution is 2.36. The van der Waals surface area contributed by atoms with Crippen molar-refractivity contribution in [3.63, 3.8) is 0 Å². The summed E-state index contributed by atoms with van der Waals surface area (Å²) in [7, 11) is 0. The van der Waals surface area contributed by atoms with E-state index in [9.17, 15) is 4.79 Å². The van der Waals surface area contributed by atoms with Crippen LogP contribution in [0.2, 0.25) is 10.0 Å². The number of hydrogen-bond acceptors (Lipinski definition) is 4. The average molecular weight is 538 g/mol. The van der Waals surface area contributed by atoms with Gasteiger partial charge in [-0.15, -0.1) is 10.2 Å². The van der Waals surface area contributed by atoms with Gasteiger partial charge in [0.2, 0.25) is 5.91 Å². The lowest BCUT2D eigenvalue weighted by Crippen LogP contribution is -2.17. The third kappa shape index (κ3) is 5.94. The predicted octanol–water partition coefficient (Wildman–Crippen LogP) is 8.15. The summed E-state index contributed by atoms with van der Waals surface area (Å²) in [5.41, 5.74) is 3.94. The van der Waals surface area contributed by atoms with Crippen LogP contribution in [0.5, 0.6) is 0 Å². The maximum absolute atomic E-state index is 12.7. The number of carbonyl (C=O) groups is 1. The van der Waals surface area contributed by atoms with E-state index in [1.165, 1.54) is 36.6 Å². The molecule has 4 aromatic rings. The van der Waals surface area contributed by atoms with Crippen LogP contribution in [0.15, 0.2) is 78.0 Å². The third-order valence-electron chi connectivity index (χ3n) is 6.33. The highest BCUT2D eigenvalue weighted by molar-refractivity contribution is 7.99. The van der Waals surface area contributed by atoms with E-state index in [1.54, 1.807) is 18.2 Å². The van der Waals surface area contributed by atoms with Crippen molar-refractivity contribution in [3.05, 3.63) is 82.8 Å². The topological polar surface area (TPSA) is 59.8 Å². The number of amides is 1. The molecule has 8 heteroatoms. The average Bonchev–Trinajstić information content (AvgIpc) is 3.32. The number of benzene rings is 3. The second kappa shape index (κ2) is 11.5. The molecular weight excluding hydrogens is 511 g/mol. The summed E-state index contributed by atoms with van der Waals surface area (Å²) in [6.07, 6.45) is 5.82. The first kappa shape index (κ1) is 24.9. The summed E-state index contributed by atoms with van der Waals surface area (Å²) in [4.78, 5) is 12.7. The van der Waals surface area contributed by atoms with Gasteiger partial charge < -0.3 is 5.32 Å². The van der Waals surface area contributed by atoms with Crippen LogP contribution in [0.25, 0.3) is 22.5 Å². The minimum atomic E-state index is -0.148. The SMILES string of the molecule is O=C(CSc1nnc(-c2ccc(-c3ccccc3)cc2)n1C1CCCCC1)Nc1cc(Cl)cc(Cl)c1. The molecule has 1 aliphatic rings. The molecule has 1 amide bonds. The standard InChI is InChI=1S/C28H26Cl2N4OS/c29-22-15-23(30)17-24(16-22)31-26(35)18-36-28-33-32-27(34(28)25-9-5-2-6-10-25)21-13-11-20(12-14-21)19-7-3-1-4-8-19/h1,3-4,7-8,11-17,25H,2,5-6,9-10,18H2,(H,31,35). The first-order chi connectivity index (χ1) is 17.6. The van der Waals surface area contributed by atoms with Crippen LogP contribution in [0.1, 0.15) is 38.1 Å². The molecule has 0 spiro atoms. The molecule has 3 aromatic carbocycles. The first-order valence-corrected chi connectivity index (χ1v) is 13.8. The lowest BCUT2D eigenvalue weighted by Gasteiger charge is -2.25. The molecule has 1 heterocycles. The van der Waals surface area contributed by atoms with Crippen molar-refractivity contribution in [1.82, 2.24) is 14.8 Å². The van der Waals surface area contributed by atoms with Crippen molar-refractivity contribution in [3.8, 4) is 22.5 Å². The second-order valence-electron chi connectivity index (χ2n) is 8.91. The maximum atomic E-state index is 12.7. The van der Waals surface area contributed by atoms with Crippen LogP contribution in [0, 0.1) is 0 Å². The van der Waals surface area contributed by atoms with Crippen molar-refractivity contribution >= 4 is 46.6 Å². The largest absolute Gasteiger partial charge is 0.325 e. The lowest BCUT2D eigenvalue weighted by molar-refractivity contribution is -0.113. The molecule has 0 atom stereocenters. The molecule has 0 saturated heterocycles. The summed E-state index contributed by atoms with van der Waals surface area (Å²) in [5, 5.41) is 13.7. The highest BCUT2D eigenvalue weighted by Gasteiger charge is 2.24. The number of rotatable bonds is 7. The molecule has 0 radical (unpaired) electrons. The van der Waals surface area contributed by atoms with Crippen LogP contribution in [-0.2, 0) is 4.79 Å². The smallest absolute Gasteiger partial charge is 0.234 e. The van der Waals surface area contributed by atoms with E-state index in [0.717, 1.165) is 34.9 Å². The van der Waals surface area contributed by atoms with E-state index in [2.05, 4.69) is 56.5 Å². The fraction of sp³-hybridized carbons (Fsp3) is 0.250. The Hall–Kier alpha value is -2.80. The Labute approximate surface area is 225 Å². The number of nitrogens with one attached hydrogen (secondary N) is 1. The van der Waals surface area contributed by atoms with E-state index in [4.69, 9.17) is 23.2 Å². The number of carbonyl (C=O) groups excluding carboxylic acids is 1. The van der Waals surface area contributed by atoms with Gasteiger partial charge in [0, 0.05) is 27.3 Å². The molecular formula is C28H26Cl2N4OS. The zero-order chi connectivity index (χ0) is 24.9. The number of anilines is 1. The molecule has 1 saturated carbocycles. The predicted molar refractivity (Wildman–Crippen MR) is 149 cm³/mol. The van der Waals surface area contributed by atoms with Gasteiger partial charge in [-0.3, -0.25) is 9.36 Å². The molecule has 5 rings (SSSR count). The molecule has 184 valence electrons. The summed E-state index contributed by atoms with van der Waals surface area (Å²) >= 11 is 13.5. The third-order valence-corrected chi connectivity index (χ3v) is 7.71. The molecule has 1 aliphatic carbocycles. The summed E-state index contributed by atoms with van der Waals surface area (Å²) in [6.45, 7) is 0. The van der Waals surface area contributed by atoms with Crippen molar-refractivity contribution in [2.24, 2.45) is 0 Å². The van der Waals surface area contributed by atoms with Gasteiger partial charge in [0.1, 0.15) is 0 Å². The molecule has 1 fully saturated rings. The number of halogens is 2. The molecule has 36 heavy (non-hydrogen) atoms. The van der Waals surface area contributed by atoms with Crippen LogP contribution in [0.3, 0.4) is 0 Å². The Bertz CT molecular complexity index is 1320. The minimum Gasteiger partial charge on any atom is -0.325 e. The Kier molecular flexibility index (Phi) is 7.95. The van der Waals surface area contributed by atoms with Gasteiger partial charge in [-0.1, -0.05) is 109 Å². The van der Waals surface area contributed by atoms with Crippen LogP contribution >= 0.6 is 35.0 Å². The fourth-order valence-corrected chi connectivity index (χ4v) is 5.97. The molecule has 0 unspecified atom stereocenters. The number of aromatic nitrogens is 3. The van der Waals surface area contributed by atoms with Crippen molar-refractivity contribution in [1.29, 1.82) is 0 Å². The van der Waals surface area contributed by atoms with E-state index < -0.39 is 0 Å². The molecule has 5 nitrogen and oxygen atoms in total. The number of thioether (sulfide) groups is 1. The maximum Gasteiger partial charge on any atom is 0.234 e. The minimum absolute atomic E-state index is 0.148. The van der Waals surface area contributed by atoms with Gasteiger partial charge in [-0.25, -0.2) is 0 Å². The Balaban J connectivity index is 1.36. The normalized spacial score (nSPS) is 14.1. The van der Waals surface area contributed by atoms with Crippen molar-refractivity contribution in [2.45, 2.75) is 43.3 Å². The van der Waals surface area contributed by atoms with Crippen LogP contribution < -0.4 is 5.32 Å². The zero-order valence-corrected chi connectivity index (χ0v) is 22.0. The highest BCUT2D eigenvalue weighted by atomic mass is 35.5. The first-order valence-electron chi connectivity index (χ1n) is 12.1. The quantitative estimate of drug-likeness (QED) is 0.242. The van der Waals surface area contributed by atoms with E-state index in [0.29, 0.717) is 21.8 Å². The van der Waals surface area contributed by atoms with Gasteiger partial charge in [0.05, 0.1) is 5.75 Å². The Morgan fingerprint density at radius 2 is 1.50 bits per heavy atom. The lowest BCUT2D eigenvalue weighted by atomic mass is 9.95. The van der Waals surface area contributed by atoms with E-state index in [1.807, 2.05) is 18.2 Å². The van der Waals surface area contributed by atoms with E-state index in [-0.39, 0.29) is 11.7 Å². The Morgan fingerprint density at radius 3 is 2.19 bits per heavy atom. The van der Waals surface area contributed by atoms with Gasteiger partial charge >= 0.3 is 0 Å². The van der Waals surface area contributed by atoms with Gasteiger partial charge in [0.25, 0.3) is 0 Å². The summed E-state index contributed by atoms with van der Waals surface area (Å²) < 4.78 is 2.24. The second-order valence-corrected chi connectivity index (χ2v) is 10.7. The van der Waals surface area contributed by atoms with E-state index >= 15 is 0 Å². The van der Waals surface area contributed by atoms with Crippen molar-refractivity contribution in [2.75, 3.05) is 11.1 Å². The Morgan fingerprint density at radius 1 is 0.861 bits per heavy atom. The van der Waals surface area contributed by atoms with Crippen LogP contribution in [-0.4, -0.2) is 26.4 Å². The van der Waals surface area contributed by atoms with Gasteiger partial charge in [0.15, 0.2) is 11.0 Å². The zero-order valence-electron chi connectivity index (χ0n) is 19.7. The summed E-state index contributed by atoms with van der Waals surface area (Å²) in [6, 6.07) is 24.1. The van der Waals surface area contributed by atoms with Gasteiger partial charge in [-0.2, -0.15) is 0 Å². The molecule has 0 aliphatic heterocycles. The fourth-order valence-electron chi connectivity index (χ4n) is 4.64. The molecule has 0 bridgehead atoms. The van der Waals surface area contributed by atoms with Gasteiger partial charge in [-0.05, 0) is 42.2 Å². The van der Waals surface area contributed by atoms with Crippen LogP contribution in [0.4, 0.5) is 5.69 Å². The van der Waals surface area contributed by atoms with Crippen molar-refractivity contribution < 1.29 is 4.79 Å². The molecule has 1 aromatic heterocycles.